The van der Waals surface area contributed by atoms with Crippen molar-refractivity contribution < 1.29 is 12.3 Å². The van der Waals surface area contributed by atoms with E-state index in [9.17, 15) is 12.3 Å². The van der Waals surface area contributed by atoms with Gasteiger partial charge in [-0.25, -0.2) is 4.98 Å². The lowest BCUT2D eigenvalue weighted by atomic mass is 10.4. The molecule has 1 N–H and O–H groups in total. The second-order valence-corrected chi connectivity index (χ2v) is 3.65. The van der Waals surface area contributed by atoms with Crippen molar-refractivity contribution in [1.29, 1.82) is 0 Å². The highest BCUT2D eigenvalue weighted by Gasteiger charge is 2.18. The van der Waals surface area contributed by atoms with Crippen molar-refractivity contribution in [2.75, 3.05) is 0 Å². The van der Waals surface area contributed by atoms with E-state index in [1.54, 1.807) is 0 Å². The van der Waals surface area contributed by atoms with E-state index in [1.807, 2.05) is 0 Å². The maximum Gasteiger partial charge on any atom is 0.349 e. The van der Waals surface area contributed by atoms with Crippen molar-refractivity contribution >= 4 is 21.3 Å². The summed E-state index contributed by atoms with van der Waals surface area (Å²) in [7, 11) is -4.74. The molecule has 7 heteroatoms. The Balaban J connectivity index is 2.87. The van der Waals surface area contributed by atoms with Gasteiger partial charge in [-0.05, 0) is 12.1 Å². The summed E-state index contributed by atoms with van der Waals surface area (Å²) in [5, 5.41) is 5.22. The van der Waals surface area contributed by atoms with Crippen LogP contribution in [0.1, 0.15) is 0 Å². The van der Waals surface area contributed by atoms with Gasteiger partial charge in [-0.2, -0.15) is 13.5 Å². The van der Waals surface area contributed by atoms with Gasteiger partial charge in [0.25, 0.3) is 0 Å². The summed E-state index contributed by atoms with van der Waals surface area (Å²) in [4.78, 5) is 3.74. The third-order valence-corrected chi connectivity index (χ3v) is 2.34. The predicted octanol–water partition coefficient (Wildman–Crippen LogP) is 0.616. The minimum Gasteiger partial charge on any atom is -0.262 e. The lowest BCUT2D eigenvalue weighted by Gasteiger charge is -1.88. The van der Waals surface area contributed by atoms with Crippen molar-refractivity contribution in [2.24, 2.45) is 0 Å². The van der Waals surface area contributed by atoms with Crippen LogP contribution in [0.3, 0.4) is 0 Å². The van der Waals surface area contributed by atoms with Crippen LogP contribution in [-0.4, -0.2) is 23.6 Å². The molecule has 2 aromatic heterocycles. The van der Waals surface area contributed by atoms with Crippen LogP contribution in [-0.2, 0) is 10.2 Å². The Morgan fingerprint density at radius 2 is 2.23 bits per heavy atom. The van der Waals surface area contributed by atoms with Gasteiger partial charge >= 0.3 is 10.2 Å². The van der Waals surface area contributed by atoms with E-state index in [-0.39, 0.29) is 11.0 Å². The average Bonchev–Trinajstić information content (AvgIpc) is 2.45. The van der Waals surface area contributed by atoms with Crippen molar-refractivity contribution in [1.82, 2.24) is 15.2 Å². The molecule has 2 heterocycles. The number of rotatable bonds is 1. The van der Waals surface area contributed by atoms with Gasteiger partial charge in [0.05, 0.1) is 5.39 Å². The van der Waals surface area contributed by atoms with Crippen LogP contribution in [0.2, 0.25) is 0 Å². The molecular formula is C6H4FN3O2S. The Labute approximate surface area is 72.8 Å². The first-order valence-electron chi connectivity index (χ1n) is 3.33. The van der Waals surface area contributed by atoms with Crippen molar-refractivity contribution in [2.45, 2.75) is 5.03 Å². The maximum absolute atomic E-state index is 12.6. The number of halogens is 1. The average molecular weight is 201 g/mol. The van der Waals surface area contributed by atoms with Crippen LogP contribution in [0.5, 0.6) is 0 Å². The summed E-state index contributed by atoms with van der Waals surface area (Å²) >= 11 is 0. The first-order chi connectivity index (χ1) is 6.09. The molecule has 0 radical (unpaired) electrons. The number of H-pyrrole nitrogens is 1. The third-order valence-electron chi connectivity index (χ3n) is 1.54. The van der Waals surface area contributed by atoms with Gasteiger partial charge in [-0.15, -0.1) is 0 Å². The van der Waals surface area contributed by atoms with E-state index in [0.29, 0.717) is 0 Å². The van der Waals surface area contributed by atoms with Gasteiger partial charge in [0.2, 0.25) is 0 Å². The number of nitrogens with one attached hydrogen (secondary N) is 1. The summed E-state index contributed by atoms with van der Waals surface area (Å²) < 4.78 is 33.6. The van der Waals surface area contributed by atoms with Gasteiger partial charge in [0, 0.05) is 6.20 Å². The summed E-state index contributed by atoms with van der Waals surface area (Å²) in [6.07, 6.45) is 1.44. The number of pyridine rings is 1. The highest BCUT2D eigenvalue weighted by atomic mass is 32.3. The molecule has 0 aromatic carbocycles. The van der Waals surface area contributed by atoms with Crippen LogP contribution in [0.4, 0.5) is 3.89 Å². The van der Waals surface area contributed by atoms with E-state index in [0.717, 1.165) is 0 Å². The lowest BCUT2D eigenvalue weighted by Crippen LogP contribution is -1.92. The van der Waals surface area contributed by atoms with Crippen molar-refractivity contribution in [3.63, 3.8) is 0 Å². The Morgan fingerprint density at radius 1 is 1.46 bits per heavy atom. The Hall–Kier alpha value is -1.50. The molecule has 0 saturated carbocycles. The molecule has 68 valence electrons. The van der Waals surface area contributed by atoms with Crippen LogP contribution >= 0.6 is 0 Å². The van der Waals surface area contributed by atoms with Crippen LogP contribution < -0.4 is 0 Å². The van der Waals surface area contributed by atoms with E-state index in [2.05, 4.69) is 15.2 Å². The second-order valence-electron chi connectivity index (χ2n) is 2.37. The molecule has 13 heavy (non-hydrogen) atoms. The topological polar surface area (TPSA) is 75.7 Å². The summed E-state index contributed by atoms with van der Waals surface area (Å²) in [5.41, 5.74) is 0.179. The molecule has 5 nitrogen and oxygen atoms in total. The number of fused-ring (bicyclic) bond motifs is 1. The van der Waals surface area contributed by atoms with Gasteiger partial charge in [-0.3, -0.25) is 5.10 Å². The fourth-order valence-corrected chi connectivity index (χ4v) is 1.59. The first-order valence-corrected chi connectivity index (χ1v) is 4.71. The minimum absolute atomic E-state index is 0.157. The van der Waals surface area contributed by atoms with E-state index >= 15 is 0 Å². The van der Waals surface area contributed by atoms with Crippen molar-refractivity contribution in [3.8, 4) is 0 Å². The normalized spacial score (nSPS) is 12.1. The minimum atomic E-state index is -4.74. The Morgan fingerprint density at radius 3 is 2.92 bits per heavy atom. The van der Waals surface area contributed by atoms with E-state index in [4.69, 9.17) is 0 Å². The largest absolute Gasteiger partial charge is 0.349 e. The van der Waals surface area contributed by atoms with Crippen LogP contribution in [0.25, 0.3) is 11.0 Å². The standard InChI is InChI=1S/C6H4FN3O2S/c7-13(11,12)6-4-2-1-3-8-5(4)9-10-6/h1-3H,(H,8,9,10). The first kappa shape index (κ1) is 8.11. The number of hydrogen-bond acceptors (Lipinski definition) is 4. The smallest absolute Gasteiger partial charge is 0.262 e. The number of nitrogens with zero attached hydrogens (tertiary/aromatic N) is 2. The quantitative estimate of drug-likeness (QED) is 0.686. The zero-order valence-corrected chi connectivity index (χ0v) is 7.05. The monoisotopic (exact) mass is 201 g/mol. The molecule has 0 aliphatic rings. The van der Waals surface area contributed by atoms with E-state index in [1.165, 1.54) is 18.3 Å². The predicted molar refractivity (Wildman–Crippen MR) is 42.2 cm³/mol. The molecule has 2 aromatic rings. The molecule has 0 saturated heterocycles. The molecule has 2 rings (SSSR count). The highest BCUT2D eigenvalue weighted by Crippen LogP contribution is 2.19. The van der Waals surface area contributed by atoms with Crippen molar-refractivity contribution in [3.05, 3.63) is 18.3 Å². The van der Waals surface area contributed by atoms with Gasteiger partial charge in [-0.1, -0.05) is 3.89 Å². The number of hydrogen-bond donors (Lipinski definition) is 1. The SMILES string of the molecule is O=S(=O)(F)c1[nH]nc2ncccc12. The zero-order valence-electron chi connectivity index (χ0n) is 6.23. The Bertz CT molecular complexity index is 548. The number of aromatic amines is 1. The fraction of sp³-hybridized carbons (Fsp3) is 0. The number of aromatic nitrogens is 3. The molecule has 0 aliphatic heterocycles. The van der Waals surface area contributed by atoms with Gasteiger partial charge in [0.1, 0.15) is 0 Å². The van der Waals surface area contributed by atoms with Crippen LogP contribution in [0, 0.1) is 0 Å². The molecule has 0 fully saturated rings. The molecule has 0 atom stereocenters. The second kappa shape index (κ2) is 2.49. The lowest BCUT2D eigenvalue weighted by molar-refractivity contribution is 0.548. The molecule has 0 amide bonds. The highest BCUT2D eigenvalue weighted by molar-refractivity contribution is 7.86. The van der Waals surface area contributed by atoms with E-state index < -0.39 is 15.2 Å². The third kappa shape index (κ3) is 1.26. The summed E-state index contributed by atoms with van der Waals surface area (Å²) in [5.74, 6) is 0. The Kier molecular flexibility index (Phi) is 1.56. The molecule has 0 bridgehead atoms. The molecular weight excluding hydrogens is 197 g/mol. The van der Waals surface area contributed by atoms with Crippen LogP contribution in [0.15, 0.2) is 23.4 Å². The maximum atomic E-state index is 12.6. The fourth-order valence-electron chi connectivity index (χ4n) is 1.01. The molecule has 0 unspecified atom stereocenters. The van der Waals surface area contributed by atoms with Gasteiger partial charge < -0.3 is 0 Å². The summed E-state index contributed by atoms with van der Waals surface area (Å²) in [6, 6.07) is 2.94. The zero-order chi connectivity index (χ0) is 9.47. The van der Waals surface area contributed by atoms with Gasteiger partial charge in [0.15, 0.2) is 10.7 Å². The molecule has 0 spiro atoms. The summed E-state index contributed by atoms with van der Waals surface area (Å²) in [6.45, 7) is 0. The molecule has 0 aliphatic carbocycles.